The predicted octanol–water partition coefficient (Wildman–Crippen LogP) is 1.34. The number of phenols is 1. The van der Waals surface area contributed by atoms with Gasteiger partial charge in [-0.25, -0.2) is 4.68 Å². The van der Waals surface area contributed by atoms with Gasteiger partial charge in [-0.2, -0.15) is 0 Å². The number of fused-ring (bicyclic) bond motifs is 3. The molecular weight excluding hydrogens is 296 g/mol. The number of likely N-dealkylation sites (tertiary alicyclic amines) is 1. The van der Waals surface area contributed by atoms with E-state index in [0.29, 0.717) is 12.4 Å². The van der Waals surface area contributed by atoms with Gasteiger partial charge in [-0.3, -0.25) is 4.90 Å². The molecule has 1 saturated heterocycles. The van der Waals surface area contributed by atoms with Gasteiger partial charge in [-0.05, 0) is 24.1 Å². The second kappa shape index (κ2) is 5.82. The molecule has 1 fully saturated rings. The van der Waals surface area contributed by atoms with Gasteiger partial charge in [0.2, 0.25) is 0 Å². The zero-order valence-corrected chi connectivity index (χ0v) is 13.1. The molecule has 1 aromatic heterocycles. The van der Waals surface area contributed by atoms with Crippen LogP contribution in [0.15, 0.2) is 24.4 Å². The van der Waals surface area contributed by atoms with Crippen LogP contribution in [0.1, 0.15) is 23.7 Å². The van der Waals surface area contributed by atoms with Gasteiger partial charge in [-0.1, -0.05) is 11.3 Å². The van der Waals surface area contributed by atoms with E-state index in [1.807, 2.05) is 10.7 Å². The Kier molecular flexibility index (Phi) is 3.66. The number of ether oxygens (including phenoxy) is 2. The summed E-state index contributed by atoms with van der Waals surface area (Å²) in [6.45, 7) is 3.22. The first-order chi connectivity index (χ1) is 11.2. The predicted molar refractivity (Wildman–Crippen MR) is 82.2 cm³/mol. The zero-order valence-electron chi connectivity index (χ0n) is 13.1. The second-order valence-electron chi connectivity index (χ2n) is 6.12. The van der Waals surface area contributed by atoms with E-state index in [2.05, 4.69) is 15.2 Å². The summed E-state index contributed by atoms with van der Waals surface area (Å²) < 4.78 is 13.0. The molecule has 0 bridgehead atoms. The quantitative estimate of drug-likeness (QED) is 0.921. The first-order valence-corrected chi connectivity index (χ1v) is 7.83. The van der Waals surface area contributed by atoms with Crippen molar-refractivity contribution in [2.75, 3.05) is 20.2 Å². The topological polar surface area (TPSA) is 72.6 Å². The highest BCUT2D eigenvalue weighted by atomic mass is 16.5. The van der Waals surface area contributed by atoms with Crippen LogP contribution in [0.25, 0.3) is 0 Å². The Balaban J connectivity index is 1.49. The molecule has 2 aliphatic rings. The van der Waals surface area contributed by atoms with E-state index in [1.165, 1.54) is 0 Å². The highest BCUT2D eigenvalue weighted by Crippen LogP contribution is 2.32. The van der Waals surface area contributed by atoms with Gasteiger partial charge >= 0.3 is 0 Å². The third-order valence-electron chi connectivity index (χ3n) is 4.66. The van der Waals surface area contributed by atoms with Crippen molar-refractivity contribution in [2.24, 2.45) is 0 Å². The molecule has 1 aromatic carbocycles. The Hall–Kier alpha value is -2.12. The molecule has 0 unspecified atom stereocenters. The average Bonchev–Trinajstić information content (AvgIpc) is 3.04. The van der Waals surface area contributed by atoms with Crippen LogP contribution >= 0.6 is 0 Å². The molecule has 0 spiro atoms. The average molecular weight is 316 g/mol. The van der Waals surface area contributed by atoms with Crippen molar-refractivity contribution in [3.05, 3.63) is 35.7 Å². The molecule has 4 rings (SSSR count). The normalized spacial score (nSPS) is 24.0. The van der Waals surface area contributed by atoms with E-state index in [4.69, 9.17) is 9.47 Å². The van der Waals surface area contributed by atoms with Crippen molar-refractivity contribution >= 4 is 0 Å². The number of aromatic nitrogens is 3. The van der Waals surface area contributed by atoms with Gasteiger partial charge in [0.1, 0.15) is 0 Å². The first-order valence-electron chi connectivity index (χ1n) is 7.83. The van der Waals surface area contributed by atoms with Crippen molar-refractivity contribution in [3.8, 4) is 11.5 Å². The minimum atomic E-state index is 0.180. The smallest absolute Gasteiger partial charge is 0.160 e. The minimum Gasteiger partial charge on any atom is -0.504 e. The van der Waals surface area contributed by atoms with Crippen molar-refractivity contribution < 1.29 is 14.6 Å². The van der Waals surface area contributed by atoms with Crippen LogP contribution in [0.3, 0.4) is 0 Å². The lowest BCUT2D eigenvalue weighted by atomic mass is 10.00. The van der Waals surface area contributed by atoms with E-state index in [9.17, 15) is 5.11 Å². The SMILES string of the molecule is COc1ccc(CN2CC[C@@H]3OCc4cnnn4[C@@H]3C2)cc1O. The number of hydrogen-bond donors (Lipinski definition) is 1. The third kappa shape index (κ3) is 2.66. The summed E-state index contributed by atoms with van der Waals surface area (Å²) in [7, 11) is 1.55. The monoisotopic (exact) mass is 316 g/mol. The maximum atomic E-state index is 9.92. The molecule has 122 valence electrons. The van der Waals surface area contributed by atoms with Crippen LogP contribution in [0.2, 0.25) is 0 Å². The molecule has 0 radical (unpaired) electrons. The van der Waals surface area contributed by atoms with Crippen LogP contribution in [0, 0.1) is 0 Å². The van der Waals surface area contributed by atoms with E-state index in [0.717, 1.165) is 37.3 Å². The Bertz CT molecular complexity index is 702. The molecule has 1 N–H and O–H groups in total. The summed E-state index contributed by atoms with van der Waals surface area (Å²) >= 11 is 0. The van der Waals surface area contributed by atoms with Gasteiger partial charge in [0.25, 0.3) is 0 Å². The number of nitrogens with zero attached hydrogens (tertiary/aromatic N) is 4. The minimum absolute atomic E-state index is 0.180. The highest BCUT2D eigenvalue weighted by molar-refractivity contribution is 5.41. The Morgan fingerprint density at radius 1 is 1.43 bits per heavy atom. The van der Waals surface area contributed by atoms with Gasteiger partial charge in [0.15, 0.2) is 11.5 Å². The lowest BCUT2D eigenvalue weighted by molar-refractivity contribution is -0.0669. The van der Waals surface area contributed by atoms with Crippen molar-refractivity contribution in [1.29, 1.82) is 0 Å². The summed E-state index contributed by atoms with van der Waals surface area (Å²) in [5.74, 6) is 0.680. The van der Waals surface area contributed by atoms with Gasteiger partial charge in [-0.15, -0.1) is 5.10 Å². The lowest BCUT2D eigenvalue weighted by Gasteiger charge is -2.41. The summed E-state index contributed by atoms with van der Waals surface area (Å²) in [5, 5.41) is 18.1. The summed E-state index contributed by atoms with van der Waals surface area (Å²) in [4.78, 5) is 2.36. The zero-order chi connectivity index (χ0) is 15.8. The molecule has 0 saturated carbocycles. The van der Waals surface area contributed by atoms with E-state index in [-0.39, 0.29) is 17.9 Å². The second-order valence-corrected chi connectivity index (χ2v) is 6.12. The summed E-state index contributed by atoms with van der Waals surface area (Å²) in [6, 6.07) is 5.77. The Morgan fingerprint density at radius 2 is 2.35 bits per heavy atom. The van der Waals surface area contributed by atoms with Gasteiger partial charge < -0.3 is 14.6 Å². The van der Waals surface area contributed by atoms with Crippen LogP contribution < -0.4 is 4.74 Å². The molecule has 2 aromatic rings. The van der Waals surface area contributed by atoms with Crippen molar-refractivity contribution in [1.82, 2.24) is 19.9 Å². The lowest BCUT2D eigenvalue weighted by Crippen LogP contribution is -2.47. The number of methoxy groups -OCH3 is 1. The van der Waals surface area contributed by atoms with E-state index in [1.54, 1.807) is 25.4 Å². The fraction of sp³-hybridized carbons (Fsp3) is 0.500. The maximum absolute atomic E-state index is 9.92. The number of phenolic OH excluding ortho intramolecular Hbond substituents is 1. The molecular formula is C16H20N4O3. The molecule has 7 nitrogen and oxygen atoms in total. The molecule has 2 atom stereocenters. The molecule has 7 heteroatoms. The molecule has 2 aliphatic heterocycles. The summed E-state index contributed by atoms with van der Waals surface area (Å²) in [5.41, 5.74) is 2.10. The molecule has 3 heterocycles. The summed E-state index contributed by atoms with van der Waals surface area (Å²) in [6.07, 6.45) is 2.97. The molecule has 0 aliphatic carbocycles. The first kappa shape index (κ1) is 14.5. The van der Waals surface area contributed by atoms with E-state index < -0.39 is 0 Å². The Labute approximate surface area is 134 Å². The number of benzene rings is 1. The van der Waals surface area contributed by atoms with Gasteiger partial charge in [0.05, 0.1) is 37.8 Å². The van der Waals surface area contributed by atoms with Crippen LogP contribution in [-0.4, -0.2) is 51.3 Å². The van der Waals surface area contributed by atoms with E-state index >= 15 is 0 Å². The molecule has 0 amide bonds. The largest absolute Gasteiger partial charge is 0.504 e. The number of aromatic hydroxyl groups is 1. The third-order valence-corrected chi connectivity index (χ3v) is 4.66. The van der Waals surface area contributed by atoms with Crippen LogP contribution in [0.4, 0.5) is 0 Å². The standard InChI is InChI=1S/C16H20N4O3/c1-22-16-3-2-11(6-14(16)21)8-19-5-4-15-13(9-19)20-12(10-23-15)7-17-18-20/h2-3,6-7,13,15,21H,4-5,8-10H2,1H3/t13-,15+/m1/s1. The fourth-order valence-corrected chi connectivity index (χ4v) is 3.48. The van der Waals surface area contributed by atoms with Crippen molar-refractivity contribution in [2.45, 2.75) is 31.7 Å². The maximum Gasteiger partial charge on any atom is 0.160 e. The number of rotatable bonds is 3. The highest BCUT2D eigenvalue weighted by Gasteiger charge is 2.36. The molecule has 23 heavy (non-hydrogen) atoms. The number of piperidine rings is 1. The van der Waals surface area contributed by atoms with Gasteiger partial charge in [0, 0.05) is 19.6 Å². The van der Waals surface area contributed by atoms with Crippen molar-refractivity contribution in [3.63, 3.8) is 0 Å². The number of hydrogen-bond acceptors (Lipinski definition) is 6. The fourth-order valence-electron chi connectivity index (χ4n) is 3.48. The Morgan fingerprint density at radius 3 is 3.17 bits per heavy atom. The van der Waals surface area contributed by atoms with Crippen LogP contribution in [-0.2, 0) is 17.9 Å². The van der Waals surface area contributed by atoms with Crippen LogP contribution in [0.5, 0.6) is 11.5 Å².